The summed E-state index contributed by atoms with van der Waals surface area (Å²) in [6, 6.07) is 4.48. The van der Waals surface area contributed by atoms with E-state index in [0.717, 1.165) is 0 Å². The van der Waals surface area contributed by atoms with Crippen molar-refractivity contribution < 1.29 is 13.9 Å². The van der Waals surface area contributed by atoms with Crippen LogP contribution in [0, 0.1) is 5.82 Å². The third-order valence-electron chi connectivity index (χ3n) is 2.56. The van der Waals surface area contributed by atoms with Gasteiger partial charge in [0, 0.05) is 11.4 Å². The molecule has 0 bridgehead atoms. The molecule has 2 N–H and O–H groups in total. The fourth-order valence-corrected chi connectivity index (χ4v) is 1.93. The third-order valence-corrected chi connectivity index (χ3v) is 2.79. The van der Waals surface area contributed by atoms with Gasteiger partial charge in [0.05, 0.1) is 12.1 Å². The predicted molar refractivity (Wildman–Crippen MR) is 67.5 cm³/mol. The first-order chi connectivity index (χ1) is 8.54. The van der Waals surface area contributed by atoms with Crippen molar-refractivity contribution in [3.05, 3.63) is 29.0 Å². The van der Waals surface area contributed by atoms with Crippen LogP contribution in [-0.4, -0.2) is 24.8 Å². The molecular weight excluding hydrogens is 259 g/mol. The molecule has 2 rings (SSSR count). The lowest BCUT2D eigenvalue weighted by atomic mass is 10.1. The van der Waals surface area contributed by atoms with Gasteiger partial charge in [0.2, 0.25) is 0 Å². The van der Waals surface area contributed by atoms with Gasteiger partial charge in [-0.1, -0.05) is 11.6 Å². The summed E-state index contributed by atoms with van der Waals surface area (Å²) >= 11 is 5.66. The van der Waals surface area contributed by atoms with Crippen LogP contribution in [0.5, 0.6) is 5.75 Å². The highest BCUT2D eigenvalue weighted by Crippen LogP contribution is 2.23. The Hall–Kier alpha value is -1.49. The van der Waals surface area contributed by atoms with E-state index in [-0.39, 0.29) is 23.9 Å². The molecule has 2 atom stereocenters. The molecule has 1 aromatic carbocycles. The molecule has 1 aromatic rings. The highest BCUT2D eigenvalue weighted by molar-refractivity contribution is 6.30. The van der Waals surface area contributed by atoms with Crippen LogP contribution in [0.1, 0.15) is 13.3 Å². The summed E-state index contributed by atoms with van der Waals surface area (Å²) in [5.74, 6) is -0.289. The van der Waals surface area contributed by atoms with Crippen molar-refractivity contribution in [1.29, 1.82) is 0 Å². The summed E-state index contributed by atoms with van der Waals surface area (Å²) in [6.07, 6.45) is 0.423. The second kappa shape index (κ2) is 5.44. The molecule has 4 nitrogen and oxygen atoms in total. The molecule has 0 saturated carbocycles. The summed E-state index contributed by atoms with van der Waals surface area (Å²) in [7, 11) is 0. The normalized spacial score (nSPS) is 20.2. The smallest absolute Gasteiger partial charge is 0.282 e. The number of nitrogens with two attached hydrogens (primary N) is 1. The van der Waals surface area contributed by atoms with E-state index in [1.54, 1.807) is 6.07 Å². The zero-order valence-corrected chi connectivity index (χ0v) is 10.7. The number of amidine groups is 1. The number of benzene rings is 1. The Labute approximate surface area is 110 Å². The van der Waals surface area contributed by atoms with Crippen molar-refractivity contribution in [2.45, 2.75) is 25.5 Å². The molecule has 1 heterocycles. The molecule has 0 spiro atoms. The van der Waals surface area contributed by atoms with Crippen LogP contribution in [-0.2, 0) is 4.74 Å². The zero-order chi connectivity index (χ0) is 13.1. The van der Waals surface area contributed by atoms with Crippen molar-refractivity contribution in [2.75, 3.05) is 6.61 Å². The Morgan fingerprint density at radius 1 is 1.67 bits per heavy atom. The molecule has 0 unspecified atom stereocenters. The van der Waals surface area contributed by atoms with E-state index in [4.69, 9.17) is 26.8 Å². The van der Waals surface area contributed by atoms with Crippen molar-refractivity contribution in [1.82, 2.24) is 0 Å². The maximum atomic E-state index is 13.5. The van der Waals surface area contributed by atoms with Crippen molar-refractivity contribution in [3.8, 4) is 5.75 Å². The molecule has 1 aliphatic heterocycles. The molecule has 1 aliphatic rings. The highest BCUT2D eigenvalue weighted by atomic mass is 35.5. The minimum atomic E-state index is -0.472. The second-order valence-corrected chi connectivity index (χ2v) is 4.61. The minimum absolute atomic E-state index is 0.0321. The topological polar surface area (TPSA) is 56.8 Å². The lowest BCUT2D eigenvalue weighted by Crippen LogP contribution is -2.20. The van der Waals surface area contributed by atoms with Crippen LogP contribution in [0.4, 0.5) is 4.39 Å². The van der Waals surface area contributed by atoms with E-state index in [9.17, 15) is 4.39 Å². The van der Waals surface area contributed by atoms with Crippen molar-refractivity contribution in [2.24, 2.45) is 10.7 Å². The first kappa shape index (κ1) is 13.0. The van der Waals surface area contributed by atoms with E-state index in [2.05, 4.69) is 4.99 Å². The Kier molecular flexibility index (Phi) is 3.91. The molecule has 0 radical (unpaired) electrons. The molecule has 0 fully saturated rings. The number of hydrogen-bond acceptors (Lipinski definition) is 4. The number of rotatable bonds is 4. The third kappa shape index (κ3) is 3.26. The fraction of sp³-hybridized carbons (Fsp3) is 0.417. The summed E-state index contributed by atoms with van der Waals surface area (Å²) < 4.78 is 24.0. The van der Waals surface area contributed by atoms with Gasteiger partial charge in [0.15, 0.2) is 11.6 Å². The lowest BCUT2D eigenvalue weighted by molar-refractivity contribution is 0.182. The molecule has 0 aromatic heterocycles. The summed E-state index contributed by atoms with van der Waals surface area (Å²) in [6.45, 7) is 2.29. The second-order valence-electron chi connectivity index (χ2n) is 4.17. The summed E-state index contributed by atoms with van der Waals surface area (Å²) in [5, 5.41) is 0.342. The maximum absolute atomic E-state index is 13.5. The number of nitrogens with zero attached hydrogens (tertiary/aromatic N) is 1. The molecule has 98 valence electrons. The van der Waals surface area contributed by atoms with Crippen molar-refractivity contribution >= 4 is 17.6 Å². The van der Waals surface area contributed by atoms with Gasteiger partial charge in [0.1, 0.15) is 6.61 Å². The quantitative estimate of drug-likeness (QED) is 0.915. The van der Waals surface area contributed by atoms with E-state index < -0.39 is 5.82 Å². The molecule has 0 aliphatic carbocycles. The monoisotopic (exact) mass is 272 g/mol. The average molecular weight is 273 g/mol. The van der Waals surface area contributed by atoms with Gasteiger partial charge in [-0.05, 0) is 25.1 Å². The Bertz CT molecular complexity index is 467. The van der Waals surface area contributed by atoms with Crippen LogP contribution in [0.3, 0.4) is 0 Å². The number of ether oxygens (including phenoxy) is 2. The fourth-order valence-electron chi connectivity index (χ4n) is 1.78. The zero-order valence-electron chi connectivity index (χ0n) is 9.90. The maximum Gasteiger partial charge on any atom is 0.282 e. The van der Waals surface area contributed by atoms with Crippen LogP contribution in [0.2, 0.25) is 5.02 Å². The molecular formula is C12H14ClFN2O2. The van der Waals surface area contributed by atoms with Gasteiger partial charge in [-0.15, -0.1) is 0 Å². The van der Waals surface area contributed by atoms with E-state index in [1.165, 1.54) is 12.1 Å². The standard InChI is InChI=1S/C12H14ClFN2O2/c1-7(4-9-6-17-12(15)16-9)18-11-3-2-8(13)5-10(11)14/h2-3,5,7,9H,4,6H2,1H3,(H2,15,16)/t7-,9+/m0/s1. The lowest BCUT2D eigenvalue weighted by Gasteiger charge is -2.16. The largest absolute Gasteiger partial charge is 0.488 e. The average Bonchev–Trinajstić information content (AvgIpc) is 2.68. The van der Waals surface area contributed by atoms with Crippen LogP contribution >= 0.6 is 11.6 Å². The molecule has 0 amide bonds. The van der Waals surface area contributed by atoms with Crippen LogP contribution in [0.25, 0.3) is 0 Å². The predicted octanol–water partition coefficient (Wildman–Crippen LogP) is 2.35. The van der Waals surface area contributed by atoms with E-state index >= 15 is 0 Å². The van der Waals surface area contributed by atoms with E-state index in [0.29, 0.717) is 18.1 Å². The van der Waals surface area contributed by atoms with Gasteiger partial charge in [0.25, 0.3) is 6.02 Å². The number of aliphatic imine (C=N–C) groups is 1. The minimum Gasteiger partial charge on any atom is -0.488 e. The first-order valence-electron chi connectivity index (χ1n) is 5.62. The van der Waals surface area contributed by atoms with Gasteiger partial charge in [-0.25, -0.2) is 9.38 Å². The van der Waals surface area contributed by atoms with Gasteiger partial charge in [-0.3, -0.25) is 0 Å². The van der Waals surface area contributed by atoms with Gasteiger partial charge >= 0.3 is 0 Å². The Balaban J connectivity index is 1.92. The van der Waals surface area contributed by atoms with E-state index in [1.807, 2.05) is 6.92 Å². The Morgan fingerprint density at radius 2 is 2.44 bits per heavy atom. The van der Waals surface area contributed by atoms with Gasteiger partial charge < -0.3 is 15.2 Å². The van der Waals surface area contributed by atoms with Crippen molar-refractivity contribution in [3.63, 3.8) is 0 Å². The molecule has 18 heavy (non-hydrogen) atoms. The molecule has 0 saturated heterocycles. The van der Waals surface area contributed by atoms with Gasteiger partial charge in [-0.2, -0.15) is 0 Å². The first-order valence-corrected chi connectivity index (χ1v) is 6.00. The number of hydrogen-bond donors (Lipinski definition) is 1. The van der Waals surface area contributed by atoms with Crippen LogP contribution in [0.15, 0.2) is 23.2 Å². The SMILES string of the molecule is C[C@@H](C[C@@H]1COC(N)=N1)Oc1ccc(Cl)cc1F. The van der Waals surface area contributed by atoms with Crippen LogP contribution < -0.4 is 10.5 Å². The number of halogens is 2. The highest BCUT2D eigenvalue weighted by Gasteiger charge is 2.20. The Morgan fingerprint density at radius 3 is 3.06 bits per heavy atom. The summed E-state index contributed by atoms with van der Waals surface area (Å²) in [4.78, 5) is 4.08. The summed E-state index contributed by atoms with van der Waals surface area (Å²) in [5.41, 5.74) is 5.41. The molecule has 6 heteroatoms.